The van der Waals surface area contributed by atoms with E-state index < -0.39 is 0 Å². The third kappa shape index (κ3) is 3.52. The lowest BCUT2D eigenvalue weighted by atomic mass is 9.93. The van der Waals surface area contributed by atoms with Gasteiger partial charge in [-0.2, -0.15) is 0 Å². The van der Waals surface area contributed by atoms with Crippen LogP contribution in [0.5, 0.6) is 0 Å². The average Bonchev–Trinajstić information content (AvgIpc) is 3.20. The quantitative estimate of drug-likeness (QED) is 0.531. The molecule has 0 saturated carbocycles. The molecule has 4 nitrogen and oxygen atoms in total. The smallest absolute Gasteiger partial charge is 0.170 e. The Kier molecular flexibility index (Phi) is 5.91. The number of nitrogens with one attached hydrogen (secondary N) is 1. The summed E-state index contributed by atoms with van der Waals surface area (Å²) in [5, 5.41) is 4.41. The minimum Gasteiger partial charge on any atom is -0.352 e. The van der Waals surface area contributed by atoms with E-state index >= 15 is 0 Å². The zero-order chi connectivity index (χ0) is 21.3. The molecule has 156 valence electrons. The molecule has 2 aromatic heterocycles. The van der Waals surface area contributed by atoms with Crippen molar-refractivity contribution in [2.75, 3.05) is 6.54 Å². The molecule has 1 aliphatic heterocycles. The van der Waals surface area contributed by atoms with Gasteiger partial charge in [-0.1, -0.05) is 37.6 Å². The summed E-state index contributed by atoms with van der Waals surface area (Å²) in [5.41, 5.74) is 7.47. The van der Waals surface area contributed by atoms with E-state index in [0.29, 0.717) is 0 Å². The zero-order valence-electron chi connectivity index (χ0n) is 18.2. The van der Waals surface area contributed by atoms with Crippen LogP contribution in [0.3, 0.4) is 0 Å². The fourth-order valence-electron chi connectivity index (χ4n) is 4.69. The Morgan fingerprint density at radius 2 is 1.73 bits per heavy atom. The van der Waals surface area contributed by atoms with Crippen molar-refractivity contribution in [2.24, 2.45) is 0 Å². The van der Waals surface area contributed by atoms with Crippen molar-refractivity contribution in [2.45, 2.75) is 52.6 Å². The summed E-state index contributed by atoms with van der Waals surface area (Å²) in [6.07, 6.45) is 4.12. The van der Waals surface area contributed by atoms with Crippen LogP contribution in [0, 0.1) is 20.8 Å². The first-order chi connectivity index (χ1) is 14.5. The lowest BCUT2D eigenvalue weighted by molar-refractivity contribution is 0.311. The standard InChI is InChI=1S/C25H30N4S/c1-5-6-16-28-24(23(27-25(28)30)21-14-10-11-15-26-21)22-17(2)18(3)29(19(22)4)20-12-8-7-9-13-20/h7-15,23-24H,5-6,16H2,1-4H3,(H,27,30)/t23-,24-/m0/s1. The Balaban J connectivity index is 1.87. The van der Waals surface area contributed by atoms with Gasteiger partial charge in [0.25, 0.3) is 0 Å². The van der Waals surface area contributed by atoms with Crippen molar-refractivity contribution >= 4 is 17.3 Å². The molecule has 0 bridgehead atoms. The number of hydrogen-bond acceptors (Lipinski definition) is 2. The monoisotopic (exact) mass is 418 g/mol. The average molecular weight is 419 g/mol. The highest BCUT2D eigenvalue weighted by atomic mass is 32.1. The van der Waals surface area contributed by atoms with Gasteiger partial charge >= 0.3 is 0 Å². The van der Waals surface area contributed by atoms with E-state index in [1.807, 2.05) is 12.3 Å². The van der Waals surface area contributed by atoms with E-state index in [1.54, 1.807) is 0 Å². The minimum atomic E-state index is 0.0407. The second kappa shape index (κ2) is 8.60. The van der Waals surface area contributed by atoms with Gasteiger partial charge in [-0.15, -0.1) is 0 Å². The zero-order valence-corrected chi connectivity index (χ0v) is 19.0. The van der Waals surface area contributed by atoms with Gasteiger partial charge in [0.15, 0.2) is 5.11 Å². The molecule has 0 spiro atoms. The van der Waals surface area contributed by atoms with E-state index in [0.717, 1.165) is 30.2 Å². The normalized spacial score (nSPS) is 18.7. The molecule has 1 N–H and O–H groups in total. The lowest BCUT2D eigenvalue weighted by Crippen LogP contribution is -2.31. The minimum absolute atomic E-state index is 0.0407. The molecule has 0 unspecified atom stereocenters. The van der Waals surface area contributed by atoms with Crippen molar-refractivity contribution in [1.29, 1.82) is 0 Å². The van der Waals surface area contributed by atoms with Gasteiger partial charge in [0.05, 0.1) is 17.8 Å². The molecule has 1 aromatic carbocycles. The highest BCUT2D eigenvalue weighted by Gasteiger charge is 2.42. The van der Waals surface area contributed by atoms with Crippen LogP contribution in [-0.2, 0) is 0 Å². The van der Waals surface area contributed by atoms with Gasteiger partial charge in [0, 0.05) is 35.4 Å². The Morgan fingerprint density at radius 1 is 1.00 bits per heavy atom. The van der Waals surface area contributed by atoms with Gasteiger partial charge in [0.2, 0.25) is 0 Å². The summed E-state index contributed by atoms with van der Waals surface area (Å²) in [6.45, 7) is 9.87. The predicted octanol–water partition coefficient (Wildman–Crippen LogP) is 5.57. The first-order valence-corrected chi connectivity index (χ1v) is 11.2. The third-order valence-electron chi connectivity index (χ3n) is 6.27. The van der Waals surface area contributed by atoms with Crippen LogP contribution in [0.2, 0.25) is 0 Å². The van der Waals surface area contributed by atoms with Crippen LogP contribution >= 0.6 is 12.2 Å². The van der Waals surface area contributed by atoms with E-state index in [4.69, 9.17) is 12.2 Å². The van der Waals surface area contributed by atoms with E-state index in [2.05, 4.69) is 89.9 Å². The summed E-state index contributed by atoms with van der Waals surface area (Å²) in [6, 6.07) is 16.9. The Morgan fingerprint density at radius 3 is 2.40 bits per heavy atom. The van der Waals surface area contributed by atoms with E-state index in [-0.39, 0.29) is 12.1 Å². The molecule has 1 aliphatic rings. The number of hydrogen-bond donors (Lipinski definition) is 1. The number of para-hydroxylation sites is 1. The Labute approximate surface area is 184 Å². The molecular formula is C25H30N4S. The second-order valence-electron chi connectivity index (χ2n) is 8.05. The van der Waals surface area contributed by atoms with Crippen LogP contribution in [-0.4, -0.2) is 26.1 Å². The van der Waals surface area contributed by atoms with Crippen LogP contribution in [0.15, 0.2) is 54.7 Å². The number of nitrogens with zero attached hydrogens (tertiary/aromatic N) is 3. The third-order valence-corrected chi connectivity index (χ3v) is 6.62. The summed E-state index contributed by atoms with van der Waals surface area (Å²) in [5.74, 6) is 0. The summed E-state index contributed by atoms with van der Waals surface area (Å²) >= 11 is 5.81. The maximum atomic E-state index is 5.81. The van der Waals surface area contributed by atoms with Crippen LogP contribution in [0.4, 0.5) is 0 Å². The molecule has 4 rings (SSSR count). The molecule has 2 atom stereocenters. The molecule has 0 radical (unpaired) electrons. The molecule has 30 heavy (non-hydrogen) atoms. The SMILES string of the molecule is CCCCN1C(=S)N[C@@H](c2ccccn2)[C@@H]1c1c(C)c(C)n(-c2ccccc2)c1C. The Bertz CT molecular complexity index is 1030. The highest BCUT2D eigenvalue weighted by Crippen LogP contribution is 2.43. The molecule has 1 saturated heterocycles. The fraction of sp³-hybridized carbons (Fsp3) is 0.360. The fourth-order valence-corrected chi connectivity index (χ4v) is 5.03. The first kappa shape index (κ1) is 20.6. The predicted molar refractivity (Wildman–Crippen MR) is 127 cm³/mol. The maximum absolute atomic E-state index is 5.81. The van der Waals surface area contributed by atoms with Crippen molar-refractivity contribution in [3.8, 4) is 5.69 Å². The second-order valence-corrected chi connectivity index (χ2v) is 8.44. The molecule has 5 heteroatoms. The molecule has 0 aliphatic carbocycles. The van der Waals surface area contributed by atoms with Gasteiger partial charge in [-0.25, -0.2) is 0 Å². The lowest BCUT2D eigenvalue weighted by Gasteiger charge is -2.29. The number of rotatable bonds is 6. The molecule has 3 aromatic rings. The molecule has 1 fully saturated rings. The van der Waals surface area contributed by atoms with Crippen LogP contribution < -0.4 is 5.32 Å². The molecule has 3 heterocycles. The topological polar surface area (TPSA) is 33.1 Å². The first-order valence-electron chi connectivity index (χ1n) is 10.8. The Hall–Kier alpha value is -2.66. The van der Waals surface area contributed by atoms with Crippen molar-refractivity contribution in [3.63, 3.8) is 0 Å². The number of pyridine rings is 1. The van der Waals surface area contributed by atoms with Crippen molar-refractivity contribution in [1.82, 2.24) is 19.8 Å². The number of aromatic nitrogens is 2. The van der Waals surface area contributed by atoms with E-state index in [9.17, 15) is 0 Å². The van der Waals surface area contributed by atoms with Gasteiger partial charge in [-0.3, -0.25) is 4.98 Å². The van der Waals surface area contributed by atoms with Crippen molar-refractivity contribution < 1.29 is 0 Å². The molecular weight excluding hydrogens is 388 g/mol. The van der Waals surface area contributed by atoms with Crippen molar-refractivity contribution in [3.05, 3.63) is 82.9 Å². The number of thiocarbonyl (C=S) groups is 1. The largest absolute Gasteiger partial charge is 0.352 e. The van der Waals surface area contributed by atoms with Gasteiger partial charge in [0.1, 0.15) is 0 Å². The summed E-state index contributed by atoms with van der Waals surface area (Å²) in [4.78, 5) is 7.05. The maximum Gasteiger partial charge on any atom is 0.170 e. The highest BCUT2D eigenvalue weighted by molar-refractivity contribution is 7.80. The van der Waals surface area contributed by atoms with E-state index in [1.165, 1.54) is 28.2 Å². The van der Waals surface area contributed by atoms with Gasteiger partial charge in [-0.05, 0) is 69.2 Å². The van der Waals surface area contributed by atoms with Gasteiger partial charge < -0.3 is 14.8 Å². The van der Waals surface area contributed by atoms with Crippen LogP contribution in [0.25, 0.3) is 5.69 Å². The number of benzene rings is 1. The van der Waals surface area contributed by atoms with Crippen LogP contribution in [0.1, 0.15) is 60.1 Å². The summed E-state index contributed by atoms with van der Waals surface area (Å²) in [7, 11) is 0. The number of unbranched alkanes of at least 4 members (excludes halogenated alkanes) is 1. The molecule has 0 amide bonds. The summed E-state index contributed by atoms with van der Waals surface area (Å²) < 4.78 is 2.37.